The quantitative estimate of drug-likeness (QED) is 0.784. The summed E-state index contributed by atoms with van der Waals surface area (Å²) in [5.41, 5.74) is 4.73. The number of rotatable bonds is 6. The molecule has 0 unspecified atom stereocenters. The third-order valence-corrected chi connectivity index (χ3v) is 3.64. The molecule has 3 heteroatoms. The molecule has 1 aromatic carbocycles. The van der Waals surface area contributed by atoms with Crippen molar-refractivity contribution in [2.45, 2.75) is 40.2 Å². The standard InChI is InChI=1S/C17H23FN2/c1-4-5-10-19-12-15-11-13(2)20(14(15)3)17-8-6-16(18)7-9-17/h6-9,11,19H,4-5,10,12H2,1-3H3. The number of nitrogens with zero attached hydrogens (tertiary/aromatic N) is 1. The maximum Gasteiger partial charge on any atom is 0.123 e. The number of benzene rings is 1. The second-order valence-corrected chi connectivity index (χ2v) is 5.24. The van der Waals surface area contributed by atoms with Crippen molar-refractivity contribution in [1.29, 1.82) is 0 Å². The molecular formula is C17H23FN2. The Hall–Kier alpha value is -1.61. The van der Waals surface area contributed by atoms with Crippen molar-refractivity contribution in [2.24, 2.45) is 0 Å². The van der Waals surface area contributed by atoms with Gasteiger partial charge in [-0.15, -0.1) is 0 Å². The van der Waals surface area contributed by atoms with E-state index in [1.54, 1.807) is 0 Å². The van der Waals surface area contributed by atoms with Gasteiger partial charge in [0.25, 0.3) is 0 Å². The van der Waals surface area contributed by atoms with Crippen molar-refractivity contribution in [3.63, 3.8) is 0 Å². The van der Waals surface area contributed by atoms with Gasteiger partial charge in [0, 0.05) is 23.6 Å². The Labute approximate surface area is 120 Å². The first-order valence-electron chi connectivity index (χ1n) is 7.28. The molecule has 0 atom stereocenters. The smallest absolute Gasteiger partial charge is 0.123 e. The zero-order valence-corrected chi connectivity index (χ0v) is 12.5. The monoisotopic (exact) mass is 274 g/mol. The number of aromatic nitrogens is 1. The van der Waals surface area contributed by atoms with Crippen LogP contribution < -0.4 is 5.32 Å². The minimum absolute atomic E-state index is 0.197. The van der Waals surface area contributed by atoms with Crippen LogP contribution in [-0.4, -0.2) is 11.1 Å². The highest BCUT2D eigenvalue weighted by molar-refractivity contribution is 5.41. The average Bonchev–Trinajstić information content (AvgIpc) is 2.71. The van der Waals surface area contributed by atoms with Crippen LogP contribution in [0.25, 0.3) is 5.69 Å². The summed E-state index contributed by atoms with van der Waals surface area (Å²) in [4.78, 5) is 0. The lowest BCUT2D eigenvalue weighted by atomic mass is 10.2. The summed E-state index contributed by atoms with van der Waals surface area (Å²) in [5.74, 6) is -0.197. The van der Waals surface area contributed by atoms with Crippen molar-refractivity contribution in [2.75, 3.05) is 6.54 Å². The molecule has 0 aliphatic carbocycles. The topological polar surface area (TPSA) is 17.0 Å². The summed E-state index contributed by atoms with van der Waals surface area (Å²) < 4.78 is 15.2. The molecular weight excluding hydrogens is 251 g/mol. The van der Waals surface area contributed by atoms with Crippen molar-refractivity contribution in [3.8, 4) is 5.69 Å². The van der Waals surface area contributed by atoms with Gasteiger partial charge in [-0.3, -0.25) is 0 Å². The van der Waals surface area contributed by atoms with Crippen molar-refractivity contribution in [1.82, 2.24) is 9.88 Å². The van der Waals surface area contributed by atoms with Gasteiger partial charge in [-0.05, 0) is 62.7 Å². The van der Waals surface area contributed by atoms with Gasteiger partial charge in [0.15, 0.2) is 0 Å². The van der Waals surface area contributed by atoms with E-state index in [4.69, 9.17) is 0 Å². The van der Waals surface area contributed by atoms with Crippen LogP contribution in [0.2, 0.25) is 0 Å². The van der Waals surface area contributed by atoms with Crippen LogP contribution in [0.4, 0.5) is 4.39 Å². The molecule has 0 amide bonds. The molecule has 0 spiro atoms. The zero-order chi connectivity index (χ0) is 14.5. The number of aryl methyl sites for hydroxylation is 1. The van der Waals surface area contributed by atoms with Crippen LogP contribution in [0.5, 0.6) is 0 Å². The predicted molar refractivity (Wildman–Crippen MR) is 81.8 cm³/mol. The highest BCUT2D eigenvalue weighted by Gasteiger charge is 2.10. The SMILES string of the molecule is CCCCNCc1cc(C)n(-c2ccc(F)cc2)c1C. The summed E-state index contributed by atoms with van der Waals surface area (Å²) in [7, 11) is 0. The molecule has 20 heavy (non-hydrogen) atoms. The van der Waals surface area contributed by atoms with E-state index >= 15 is 0 Å². The molecule has 2 aromatic rings. The summed E-state index contributed by atoms with van der Waals surface area (Å²) in [5, 5.41) is 3.47. The second-order valence-electron chi connectivity index (χ2n) is 5.24. The molecule has 0 aliphatic heterocycles. The molecule has 1 heterocycles. The highest BCUT2D eigenvalue weighted by atomic mass is 19.1. The Morgan fingerprint density at radius 3 is 2.50 bits per heavy atom. The van der Waals surface area contributed by atoms with Gasteiger partial charge in [0.1, 0.15) is 5.82 Å². The Kier molecular flexibility index (Phi) is 4.96. The van der Waals surface area contributed by atoms with Gasteiger partial charge in [0.2, 0.25) is 0 Å². The molecule has 0 fully saturated rings. The largest absolute Gasteiger partial charge is 0.318 e. The van der Waals surface area contributed by atoms with E-state index in [0.717, 1.165) is 18.8 Å². The molecule has 0 aliphatic rings. The van der Waals surface area contributed by atoms with Gasteiger partial charge in [-0.1, -0.05) is 13.3 Å². The number of hydrogen-bond donors (Lipinski definition) is 1. The summed E-state index contributed by atoms with van der Waals surface area (Å²) in [6.07, 6.45) is 2.41. The lowest BCUT2D eigenvalue weighted by Gasteiger charge is -2.10. The van der Waals surface area contributed by atoms with E-state index in [9.17, 15) is 4.39 Å². The Morgan fingerprint density at radius 1 is 1.15 bits per heavy atom. The van der Waals surface area contributed by atoms with Gasteiger partial charge < -0.3 is 9.88 Å². The minimum Gasteiger partial charge on any atom is -0.318 e. The number of hydrogen-bond acceptors (Lipinski definition) is 1. The van der Waals surface area contributed by atoms with E-state index in [2.05, 4.69) is 36.7 Å². The molecule has 0 bridgehead atoms. The van der Waals surface area contributed by atoms with Gasteiger partial charge >= 0.3 is 0 Å². The molecule has 0 saturated carbocycles. The Balaban J connectivity index is 2.18. The molecule has 108 valence electrons. The maximum absolute atomic E-state index is 13.0. The number of halogens is 1. The third-order valence-electron chi connectivity index (χ3n) is 3.64. The van der Waals surface area contributed by atoms with Crippen molar-refractivity contribution < 1.29 is 4.39 Å². The van der Waals surface area contributed by atoms with Crippen LogP contribution >= 0.6 is 0 Å². The van der Waals surface area contributed by atoms with Gasteiger partial charge in [-0.25, -0.2) is 4.39 Å². The highest BCUT2D eigenvalue weighted by Crippen LogP contribution is 2.21. The van der Waals surface area contributed by atoms with Gasteiger partial charge in [0.05, 0.1) is 0 Å². The molecule has 2 nitrogen and oxygen atoms in total. The van der Waals surface area contributed by atoms with Crippen LogP contribution in [0, 0.1) is 19.7 Å². The fraction of sp³-hybridized carbons (Fsp3) is 0.412. The number of nitrogens with one attached hydrogen (secondary N) is 1. The number of unbranched alkanes of at least 4 members (excludes halogenated alkanes) is 1. The lowest BCUT2D eigenvalue weighted by Crippen LogP contribution is -2.14. The van der Waals surface area contributed by atoms with E-state index in [0.29, 0.717) is 0 Å². The second kappa shape index (κ2) is 6.71. The first kappa shape index (κ1) is 14.8. The van der Waals surface area contributed by atoms with Crippen LogP contribution in [0.3, 0.4) is 0 Å². The van der Waals surface area contributed by atoms with E-state index in [1.165, 1.54) is 41.9 Å². The van der Waals surface area contributed by atoms with E-state index in [1.807, 2.05) is 12.1 Å². The van der Waals surface area contributed by atoms with Crippen molar-refractivity contribution in [3.05, 3.63) is 53.1 Å². The molecule has 0 saturated heterocycles. The molecule has 0 radical (unpaired) electrons. The van der Waals surface area contributed by atoms with E-state index < -0.39 is 0 Å². The summed E-state index contributed by atoms with van der Waals surface area (Å²) in [6, 6.07) is 8.87. The van der Waals surface area contributed by atoms with Crippen molar-refractivity contribution >= 4 is 0 Å². The first-order chi connectivity index (χ1) is 9.63. The van der Waals surface area contributed by atoms with Crippen LogP contribution in [-0.2, 0) is 6.54 Å². The van der Waals surface area contributed by atoms with Gasteiger partial charge in [-0.2, -0.15) is 0 Å². The summed E-state index contributed by atoms with van der Waals surface area (Å²) in [6.45, 7) is 8.35. The van der Waals surface area contributed by atoms with E-state index in [-0.39, 0.29) is 5.82 Å². The lowest BCUT2D eigenvalue weighted by molar-refractivity contribution is 0.627. The molecule has 2 rings (SSSR count). The Bertz CT molecular complexity index is 555. The fourth-order valence-electron chi connectivity index (χ4n) is 2.52. The summed E-state index contributed by atoms with van der Waals surface area (Å²) >= 11 is 0. The average molecular weight is 274 g/mol. The predicted octanol–water partition coefficient (Wildman–Crippen LogP) is 4.12. The molecule has 1 aromatic heterocycles. The third kappa shape index (κ3) is 3.28. The first-order valence-corrected chi connectivity index (χ1v) is 7.28. The normalized spacial score (nSPS) is 11.0. The Morgan fingerprint density at radius 2 is 1.85 bits per heavy atom. The minimum atomic E-state index is -0.197. The maximum atomic E-state index is 13.0. The fourth-order valence-corrected chi connectivity index (χ4v) is 2.52. The molecule has 1 N–H and O–H groups in total. The zero-order valence-electron chi connectivity index (χ0n) is 12.5. The van der Waals surface area contributed by atoms with Crippen LogP contribution in [0.15, 0.2) is 30.3 Å². The van der Waals surface area contributed by atoms with Crippen LogP contribution in [0.1, 0.15) is 36.7 Å².